The molecule has 2 amide bonds. The minimum Gasteiger partial charge on any atom is -0.342 e. The Balaban J connectivity index is 1.52. The number of piperazine rings is 1. The summed E-state index contributed by atoms with van der Waals surface area (Å²) < 4.78 is 0. The fraction of sp³-hybridized carbons (Fsp3) is 0.375. The van der Waals surface area contributed by atoms with Crippen LogP contribution in [0, 0.1) is 0 Å². The van der Waals surface area contributed by atoms with Gasteiger partial charge in [-0.3, -0.25) is 14.6 Å². The number of aryl methyl sites for hydroxylation is 1. The Morgan fingerprint density at radius 1 is 1.26 bits per heavy atom. The maximum Gasteiger partial charge on any atom is 0.223 e. The van der Waals surface area contributed by atoms with Crippen LogP contribution in [0.2, 0.25) is 0 Å². The molecule has 3 heterocycles. The number of carbonyl (C=O) groups is 2. The van der Waals surface area contributed by atoms with Gasteiger partial charge in [0.1, 0.15) is 5.01 Å². The van der Waals surface area contributed by atoms with E-state index in [9.17, 15) is 9.59 Å². The Bertz CT molecular complexity index is 666. The van der Waals surface area contributed by atoms with Crippen LogP contribution in [0.15, 0.2) is 29.8 Å². The van der Waals surface area contributed by atoms with E-state index in [0.29, 0.717) is 39.0 Å². The Hall–Kier alpha value is -2.28. The van der Waals surface area contributed by atoms with Crippen LogP contribution in [-0.2, 0) is 16.0 Å². The Kier molecular flexibility index (Phi) is 4.97. The number of nitrogens with zero attached hydrogens (tertiary/aromatic N) is 4. The molecule has 2 aromatic heterocycles. The predicted molar refractivity (Wildman–Crippen MR) is 87.9 cm³/mol. The first kappa shape index (κ1) is 15.6. The zero-order chi connectivity index (χ0) is 16.1. The highest BCUT2D eigenvalue weighted by atomic mass is 32.1. The normalized spacial score (nSPS) is 14.8. The summed E-state index contributed by atoms with van der Waals surface area (Å²) in [6, 6.07) is 5.74. The number of pyridine rings is 1. The average molecular weight is 330 g/mol. The third kappa shape index (κ3) is 3.92. The van der Waals surface area contributed by atoms with Gasteiger partial charge >= 0.3 is 0 Å². The molecule has 0 radical (unpaired) electrons. The summed E-state index contributed by atoms with van der Waals surface area (Å²) in [5.74, 6) is 0.128. The van der Waals surface area contributed by atoms with Crippen molar-refractivity contribution < 1.29 is 9.59 Å². The Labute approximate surface area is 138 Å². The standard InChI is InChI=1S/C16H18N4O2S/c21-12-19-7-9-20(10-8-19)15(22)5-4-13-11-23-16(18-13)14-3-1-2-6-17-14/h1-3,6,11-12H,4-5,7-10H2. The largest absolute Gasteiger partial charge is 0.342 e. The second-order valence-electron chi connectivity index (χ2n) is 5.38. The van der Waals surface area contributed by atoms with Crippen LogP contribution in [0.25, 0.3) is 10.7 Å². The van der Waals surface area contributed by atoms with Gasteiger partial charge in [-0.25, -0.2) is 4.98 Å². The lowest BCUT2D eigenvalue weighted by Crippen LogP contribution is -2.48. The minimum atomic E-state index is 0.128. The van der Waals surface area contributed by atoms with Crippen LogP contribution in [0.4, 0.5) is 0 Å². The smallest absolute Gasteiger partial charge is 0.223 e. The monoisotopic (exact) mass is 330 g/mol. The molecule has 1 aliphatic heterocycles. The van der Waals surface area contributed by atoms with Gasteiger partial charge in [-0.2, -0.15) is 0 Å². The second-order valence-corrected chi connectivity index (χ2v) is 6.24. The lowest BCUT2D eigenvalue weighted by atomic mass is 10.2. The summed E-state index contributed by atoms with van der Waals surface area (Å²) in [6.45, 7) is 2.48. The fourth-order valence-corrected chi connectivity index (χ4v) is 3.33. The molecule has 0 aliphatic carbocycles. The molecule has 0 saturated carbocycles. The summed E-state index contributed by atoms with van der Waals surface area (Å²) in [5.41, 5.74) is 1.79. The van der Waals surface area contributed by atoms with Crippen molar-refractivity contribution in [1.29, 1.82) is 0 Å². The molecular weight excluding hydrogens is 312 g/mol. The van der Waals surface area contributed by atoms with E-state index in [1.807, 2.05) is 28.5 Å². The molecule has 6 nitrogen and oxygen atoms in total. The van der Waals surface area contributed by atoms with Crippen molar-refractivity contribution in [3.8, 4) is 10.7 Å². The highest BCUT2D eigenvalue weighted by Gasteiger charge is 2.20. The number of thiazole rings is 1. The van der Waals surface area contributed by atoms with E-state index in [4.69, 9.17) is 0 Å². The summed E-state index contributed by atoms with van der Waals surface area (Å²) >= 11 is 1.55. The Morgan fingerprint density at radius 3 is 2.78 bits per heavy atom. The van der Waals surface area contributed by atoms with Gasteiger partial charge in [-0.15, -0.1) is 11.3 Å². The van der Waals surface area contributed by atoms with Crippen LogP contribution in [0.3, 0.4) is 0 Å². The van der Waals surface area contributed by atoms with Crippen molar-refractivity contribution in [2.45, 2.75) is 12.8 Å². The third-order valence-corrected chi connectivity index (χ3v) is 4.76. The minimum absolute atomic E-state index is 0.128. The summed E-state index contributed by atoms with van der Waals surface area (Å²) in [4.78, 5) is 35.3. The molecule has 23 heavy (non-hydrogen) atoms. The van der Waals surface area contributed by atoms with E-state index in [-0.39, 0.29) is 5.91 Å². The molecule has 7 heteroatoms. The molecule has 1 fully saturated rings. The number of rotatable bonds is 5. The molecule has 3 rings (SSSR count). The first-order chi connectivity index (χ1) is 11.3. The summed E-state index contributed by atoms with van der Waals surface area (Å²) in [7, 11) is 0. The van der Waals surface area contributed by atoms with E-state index >= 15 is 0 Å². The van der Waals surface area contributed by atoms with Crippen molar-refractivity contribution in [3.05, 3.63) is 35.5 Å². The first-order valence-electron chi connectivity index (χ1n) is 7.59. The number of aromatic nitrogens is 2. The van der Waals surface area contributed by atoms with E-state index in [1.54, 1.807) is 22.4 Å². The van der Waals surface area contributed by atoms with Crippen molar-refractivity contribution in [3.63, 3.8) is 0 Å². The van der Waals surface area contributed by atoms with Crippen molar-refractivity contribution in [2.75, 3.05) is 26.2 Å². The molecular formula is C16H18N4O2S. The summed E-state index contributed by atoms with van der Waals surface area (Å²) in [5, 5.41) is 2.87. The highest BCUT2D eigenvalue weighted by molar-refractivity contribution is 7.13. The Morgan fingerprint density at radius 2 is 2.09 bits per heavy atom. The summed E-state index contributed by atoms with van der Waals surface area (Å²) in [6.07, 6.45) is 3.68. The van der Waals surface area contributed by atoms with Crippen molar-refractivity contribution in [2.24, 2.45) is 0 Å². The van der Waals surface area contributed by atoms with Crippen LogP contribution in [0.1, 0.15) is 12.1 Å². The number of amides is 2. The third-order valence-electron chi connectivity index (χ3n) is 3.85. The van der Waals surface area contributed by atoms with E-state index < -0.39 is 0 Å². The van der Waals surface area contributed by atoms with Gasteiger partial charge in [0.2, 0.25) is 12.3 Å². The van der Waals surface area contributed by atoms with Gasteiger partial charge in [0, 0.05) is 44.2 Å². The van der Waals surface area contributed by atoms with Gasteiger partial charge in [0.05, 0.1) is 11.4 Å². The quantitative estimate of drug-likeness (QED) is 0.778. The van der Waals surface area contributed by atoms with Crippen LogP contribution < -0.4 is 0 Å². The molecule has 1 saturated heterocycles. The number of hydrogen-bond acceptors (Lipinski definition) is 5. The average Bonchev–Trinajstić information content (AvgIpc) is 3.09. The molecule has 0 unspecified atom stereocenters. The molecule has 0 N–H and O–H groups in total. The zero-order valence-corrected chi connectivity index (χ0v) is 13.5. The molecule has 2 aromatic rings. The molecule has 0 spiro atoms. The van der Waals surface area contributed by atoms with Crippen LogP contribution in [0.5, 0.6) is 0 Å². The lowest BCUT2D eigenvalue weighted by molar-refractivity contribution is -0.135. The maximum atomic E-state index is 12.2. The first-order valence-corrected chi connectivity index (χ1v) is 8.47. The van der Waals surface area contributed by atoms with Crippen molar-refractivity contribution >= 4 is 23.7 Å². The highest BCUT2D eigenvalue weighted by Crippen LogP contribution is 2.22. The molecule has 0 atom stereocenters. The topological polar surface area (TPSA) is 66.4 Å². The SMILES string of the molecule is O=CN1CCN(C(=O)CCc2csc(-c3ccccn3)n2)CC1. The van der Waals surface area contributed by atoms with Crippen molar-refractivity contribution in [1.82, 2.24) is 19.8 Å². The fourth-order valence-electron chi connectivity index (χ4n) is 2.50. The van der Waals surface area contributed by atoms with Gasteiger partial charge in [-0.1, -0.05) is 6.07 Å². The van der Waals surface area contributed by atoms with E-state index in [0.717, 1.165) is 22.8 Å². The van der Waals surface area contributed by atoms with Crippen LogP contribution in [-0.4, -0.2) is 58.3 Å². The van der Waals surface area contributed by atoms with Crippen LogP contribution >= 0.6 is 11.3 Å². The van der Waals surface area contributed by atoms with Gasteiger partial charge in [0.25, 0.3) is 0 Å². The molecule has 0 aromatic carbocycles. The molecule has 0 bridgehead atoms. The lowest BCUT2D eigenvalue weighted by Gasteiger charge is -2.32. The van der Waals surface area contributed by atoms with E-state index in [2.05, 4.69) is 9.97 Å². The van der Waals surface area contributed by atoms with Gasteiger partial charge < -0.3 is 9.80 Å². The number of carbonyl (C=O) groups excluding carboxylic acids is 2. The number of hydrogen-bond donors (Lipinski definition) is 0. The van der Waals surface area contributed by atoms with E-state index in [1.165, 1.54) is 0 Å². The van der Waals surface area contributed by atoms with Gasteiger partial charge in [0.15, 0.2) is 0 Å². The second kappa shape index (κ2) is 7.32. The maximum absolute atomic E-state index is 12.2. The zero-order valence-electron chi connectivity index (χ0n) is 12.7. The molecule has 1 aliphatic rings. The molecule has 120 valence electrons. The predicted octanol–water partition coefficient (Wildman–Crippen LogP) is 1.44. The van der Waals surface area contributed by atoms with Gasteiger partial charge in [-0.05, 0) is 18.6 Å².